The van der Waals surface area contributed by atoms with Crippen LogP contribution in [0, 0.1) is 11.3 Å². The molecular formula is C21H21N5O3. The maximum Gasteiger partial charge on any atom is 0.272 e. The number of amides is 1. The molecule has 0 radical (unpaired) electrons. The largest absolute Gasteiger partial charge is 0.385 e. The van der Waals surface area contributed by atoms with Crippen molar-refractivity contribution in [3.63, 3.8) is 0 Å². The minimum Gasteiger partial charge on any atom is -0.385 e. The normalized spacial score (nSPS) is 10.5. The number of rotatable bonds is 8. The van der Waals surface area contributed by atoms with Crippen molar-refractivity contribution in [1.29, 1.82) is 5.26 Å². The fourth-order valence-electron chi connectivity index (χ4n) is 2.80. The Morgan fingerprint density at radius 1 is 1.28 bits per heavy atom. The van der Waals surface area contributed by atoms with Gasteiger partial charge in [-0.1, -0.05) is 24.3 Å². The topological polar surface area (TPSA) is 113 Å². The predicted octanol–water partition coefficient (Wildman–Crippen LogP) is 2.06. The van der Waals surface area contributed by atoms with Crippen LogP contribution in [0.25, 0.3) is 16.9 Å². The first-order chi connectivity index (χ1) is 14.1. The molecule has 0 unspecified atom stereocenters. The first-order valence-electron chi connectivity index (χ1n) is 9.14. The van der Waals surface area contributed by atoms with E-state index in [1.54, 1.807) is 25.4 Å². The van der Waals surface area contributed by atoms with Crippen molar-refractivity contribution in [3.05, 3.63) is 70.3 Å². The number of carbonyl (C=O) groups excluding carboxylic acids is 1. The molecule has 2 N–H and O–H groups in total. The first-order valence-corrected chi connectivity index (χ1v) is 9.14. The van der Waals surface area contributed by atoms with Gasteiger partial charge in [-0.2, -0.15) is 5.26 Å². The highest BCUT2D eigenvalue weighted by Crippen LogP contribution is 2.17. The number of nitrogens with one attached hydrogen (secondary N) is 2. The summed E-state index contributed by atoms with van der Waals surface area (Å²) in [5.41, 5.74) is 2.33. The summed E-state index contributed by atoms with van der Waals surface area (Å²) in [6, 6.07) is 12.7. The molecule has 8 nitrogen and oxygen atoms in total. The van der Waals surface area contributed by atoms with E-state index in [0.717, 1.165) is 17.5 Å². The van der Waals surface area contributed by atoms with Crippen molar-refractivity contribution in [2.45, 2.75) is 12.8 Å². The molecule has 0 saturated carbocycles. The average molecular weight is 391 g/mol. The number of hydrogen-bond acceptors (Lipinski definition) is 5. The van der Waals surface area contributed by atoms with Crippen LogP contribution in [0.3, 0.4) is 0 Å². The zero-order valence-electron chi connectivity index (χ0n) is 16.0. The van der Waals surface area contributed by atoms with E-state index in [9.17, 15) is 9.59 Å². The van der Waals surface area contributed by atoms with Gasteiger partial charge in [-0.05, 0) is 29.7 Å². The molecule has 0 aliphatic heterocycles. The SMILES string of the molecule is COCCCNC(=O)c1ccc(-n2cc(-c3ccc(CC#N)cc3)c(=O)[nH]2)nc1. The van der Waals surface area contributed by atoms with Crippen LogP contribution in [0.4, 0.5) is 0 Å². The quantitative estimate of drug-likeness (QED) is 0.571. The van der Waals surface area contributed by atoms with Gasteiger partial charge in [0.1, 0.15) is 0 Å². The number of hydrogen-bond donors (Lipinski definition) is 2. The molecule has 8 heteroatoms. The molecule has 2 heterocycles. The van der Waals surface area contributed by atoms with Crippen LogP contribution >= 0.6 is 0 Å². The predicted molar refractivity (Wildman–Crippen MR) is 108 cm³/mol. The fourth-order valence-corrected chi connectivity index (χ4v) is 2.80. The van der Waals surface area contributed by atoms with Crippen LogP contribution in [-0.4, -0.2) is 40.9 Å². The molecule has 0 fully saturated rings. The van der Waals surface area contributed by atoms with E-state index in [4.69, 9.17) is 10.00 Å². The van der Waals surface area contributed by atoms with E-state index < -0.39 is 0 Å². The van der Waals surface area contributed by atoms with Crippen LogP contribution in [0.1, 0.15) is 22.3 Å². The number of benzene rings is 1. The standard InChI is InChI=1S/C21H21N5O3/c1-29-12-2-11-23-20(27)17-7-8-19(24-13-17)26-14-18(21(28)25-26)16-5-3-15(4-6-16)9-10-22/h3-8,13-14H,2,9,11-12H2,1H3,(H,23,27)(H,25,28). The minimum atomic E-state index is -0.250. The molecule has 1 aromatic carbocycles. The number of methoxy groups -OCH3 is 1. The smallest absolute Gasteiger partial charge is 0.272 e. The van der Waals surface area contributed by atoms with Gasteiger partial charge in [0.2, 0.25) is 0 Å². The van der Waals surface area contributed by atoms with Crippen molar-refractivity contribution >= 4 is 5.91 Å². The Morgan fingerprint density at radius 3 is 2.72 bits per heavy atom. The summed E-state index contributed by atoms with van der Waals surface area (Å²) in [6.45, 7) is 1.11. The summed E-state index contributed by atoms with van der Waals surface area (Å²) in [5.74, 6) is 0.282. The third kappa shape index (κ3) is 4.97. The summed E-state index contributed by atoms with van der Waals surface area (Å²) in [5, 5.41) is 14.3. The van der Waals surface area contributed by atoms with Gasteiger partial charge in [-0.3, -0.25) is 14.7 Å². The van der Waals surface area contributed by atoms with Crippen LogP contribution in [0.5, 0.6) is 0 Å². The van der Waals surface area contributed by atoms with Crippen molar-refractivity contribution < 1.29 is 9.53 Å². The zero-order valence-corrected chi connectivity index (χ0v) is 16.0. The molecule has 3 rings (SSSR count). The van der Waals surface area contributed by atoms with Crippen LogP contribution in [-0.2, 0) is 11.2 Å². The molecule has 1 amide bonds. The highest BCUT2D eigenvalue weighted by atomic mass is 16.5. The van der Waals surface area contributed by atoms with Gasteiger partial charge in [-0.15, -0.1) is 0 Å². The van der Waals surface area contributed by atoms with Crippen molar-refractivity contribution in [1.82, 2.24) is 20.1 Å². The number of carbonyl (C=O) groups is 1. The number of aromatic amines is 1. The van der Waals surface area contributed by atoms with E-state index in [0.29, 0.717) is 36.5 Å². The second kappa shape index (κ2) is 9.48. The molecular weight excluding hydrogens is 370 g/mol. The summed E-state index contributed by atoms with van der Waals surface area (Å²) in [7, 11) is 1.62. The lowest BCUT2D eigenvalue weighted by molar-refractivity contribution is 0.0948. The van der Waals surface area contributed by atoms with Crippen molar-refractivity contribution in [2.24, 2.45) is 0 Å². The Labute approximate surface area is 167 Å². The molecule has 148 valence electrons. The third-order valence-corrected chi connectivity index (χ3v) is 4.34. The summed E-state index contributed by atoms with van der Waals surface area (Å²) in [4.78, 5) is 28.7. The van der Waals surface area contributed by atoms with Gasteiger partial charge >= 0.3 is 0 Å². The Kier molecular flexibility index (Phi) is 6.55. The molecule has 0 saturated heterocycles. The van der Waals surface area contributed by atoms with E-state index >= 15 is 0 Å². The summed E-state index contributed by atoms with van der Waals surface area (Å²) < 4.78 is 6.46. The Morgan fingerprint density at radius 2 is 2.07 bits per heavy atom. The molecule has 0 spiro atoms. The highest BCUT2D eigenvalue weighted by molar-refractivity contribution is 5.93. The van der Waals surface area contributed by atoms with Crippen LogP contribution in [0.15, 0.2) is 53.6 Å². The lowest BCUT2D eigenvalue weighted by Crippen LogP contribution is -2.25. The second-order valence-electron chi connectivity index (χ2n) is 6.39. The summed E-state index contributed by atoms with van der Waals surface area (Å²) in [6.07, 6.45) is 4.19. The van der Waals surface area contributed by atoms with Crippen molar-refractivity contribution in [2.75, 3.05) is 20.3 Å². The van der Waals surface area contributed by atoms with E-state index in [1.165, 1.54) is 10.9 Å². The lowest BCUT2D eigenvalue weighted by atomic mass is 10.1. The molecule has 0 aliphatic rings. The van der Waals surface area contributed by atoms with Crippen molar-refractivity contribution in [3.8, 4) is 23.0 Å². The number of nitrogens with zero attached hydrogens (tertiary/aromatic N) is 3. The number of nitriles is 1. The minimum absolute atomic E-state index is 0.209. The molecule has 0 aliphatic carbocycles. The molecule has 0 atom stereocenters. The van der Waals surface area contributed by atoms with Gasteiger partial charge in [0.25, 0.3) is 11.5 Å². The number of pyridine rings is 1. The van der Waals surface area contributed by atoms with E-state index in [2.05, 4.69) is 21.5 Å². The second-order valence-corrected chi connectivity index (χ2v) is 6.39. The monoisotopic (exact) mass is 391 g/mol. The number of H-pyrrole nitrogens is 1. The first kappa shape index (κ1) is 20.0. The molecule has 0 bridgehead atoms. The van der Waals surface area contributed by atoms with Crippen LogP contribution in [0.2, 0.25) is 0 Å². The molecule has 3 aromatic rings. The Hall–Kier alpha value is -3.70. The zero-order chi connectivity index (χ0) is 20.6. The maximum atomic E-state index is 12.3. The third-order valence-electron chi connectivity index (χ3n) is 4.34. The molecule has 2 aromatic heterocycles. The fraction of sp³-hybridized carbons (Fsp3) is 0.238. The Bertz CT molecular complexity index is 1060. The maximum absolute atomic E-state index is 12.3. The van der Waals surface area contributed by atoms with Gasteiger partial charge < -0.3 is 10.1 Å². The van der Waals surface area contributed by atoms with Gasteiger partial charge in [-0.25, -0.2) is 9.67 Å². The average Bonchev–Trinajstić information content (AvgIpc) is 3.13. The Balaban J connectivity index is 1.73. The summed E-state index contributed by atoms with van der Waals surface area (Å²) >= 11 is 0. The highest BCUT2D eigenvalue weighted by Gasteiger charge is 2.10. The molecule has 29 heavy (non-hydrogen) atoms. The van der Waals surface area contributed by atoms with E-state index in [-0.39, 0.29) is 11.5 Å². The van der Waals surface area contributed by atoms with Gasteiger partial charge in [0.15, 0.2) is 5.82 Å². The van der Waals surface area contributed by atoms with Gasteiger partial charge in [0.05, 0.1) is 23.6 Å². The van der Waals surface area contributed by atoms with Gasteiger partial charge in [0, 0.05) is 32.7 Å². The van der Waals surface area contributed by atoms with Crippen LogP contribution < -0.4 is 10.9 Å². The number of ether oxygens (including phenoxy) is 1. The number of aromatic nitrogens is 3. The lowest BCUT2D eigenvalue weighted by Gasteiger charge is -2.06. The van der Waals surface area contributed by atoms with E-state index in [1.807, 2.05) is 24.3 Å².